The van der Waals surface area contributed by atoms with E-state index in [1.54, 1.807) is 81.0 Å². The Bertz CT molecular complexity index is 1400. The zero-order valence-corrected chi connectivity index (χ0v) is 23.0. The monoisotopic (exact) mass is 543 g/mol. The summed E-state index contributed by atoms with van der Waals surface area (Å²) in [5.41, 5.74) is 2.12. The fourth-order valence-electron chi connectivity index (χ4n) is 4.24. The number of hydrogen-bond acceptors (Lipinski definition) is 7. The van der Waals surface area contributed by atoms with Crippen LogP contribution in [0.25, 0.3) is 0 Å². The van der Waals surface area contributed by atoms with Crippen molar-refractivity contribution in [3.63, 3.8) is 0 Å². The molecule has 0 unspecified atom stereocenters. The molecule has 3 atom stereocenters. The largest absolute Gasteiger partial charge is 0.497 e. The van der Waals surface area contributed by atoms with E-state index in [2.05, 4.69) is 27.1 Å². The van der Waals surface area contributed by atoms with Gasteiger partial charge in [0.1, 0.15) is 17.4 Å². The van der Waals surface area contributed by atoms with Crippen LogP contribution in [0.2, 0.25) is 0 Å². The Balaban J connectivity index is 1.59. The number of amides is 3. The number of nitrogens with zero attached hydrogens (tertiary/aromatic N) is 4. The van der Waals surface area contributed by atoms with Crippen LogP contribution in [-0.2, 0) is 0 Å². The van der Waals surface area contributed by atoms with Gasteiger partial charge in [-0.1, -0.05) is 24.8 Å². The van der Waals surface area contributed by atoms with E-state index in [4.69, 9.17) is 9.47 Å². The van der Waals surface area contributed by atoms with Crippen LogP contribution < -0.4 is 14.8 Å². The van der Waals surface area contributed by atoms with Crippen LogP contribution in [0.5, 0.6) is 11.6 Å². The van der Waals surface area contributed by atoms with Gasteiger partial charge in [-0.25, -0.2) is 9.78 Å². The molecule has 3 heterocycles. The van der Waals surface area contributed by atoms with Crippen LogP contribution >= 0.6 is 0 Å². The molecule has 2 N–H and O–H groups in total. The summed E-state index contributed by atoms with van der Waals surface area (Å²) in [4.78, 5) is 38.2. The van der Waals surface area contributed by atoms with Crippen LogP contribution in [0, 0.1) is 17.8 Å². The maximum atomic E-state index is 13.6. The van der Waals surface area contributed by atoms with E-state index in [1.165, 1.54) is 4.90 Å². The third-order valence-corrected chi connectivity index (χ3v) is 6.66. The molecule has 4 rings (SSSR count). The number of aliphatic hydroxyl groups excluding tert-OH is 1. The fraction of sp³-hybridized carbons (Fsp3) is 0.333. The topological polar surface area (TPSA) is 117 Å². The third-order valence-electron chi connectivity index (χ3n) is 6.66. The summed E-state index contributed by atoms with van der Waals surface area (Å²) in [6.45, 7) is 4.09. The Morgan fingerprint density at radius 1 is 1.25 bits per heavy atom. The van der Waals surface area contributed by atoms with Gasteiger partial charge in [-0.2, -0.15) is 0 Å². The molecule has 3 aromatic rings. The van der Waals surface area contributed by atoms with Crippen molar-refractivity contribution >= 4 is 17.6 Å². The first-order valence-corrected chi connectivity index (χ1v) is 13.0. The number of methoxy groups -OCH3 is 1. The molecule has 10 nitrogen and oxygen atoms in total. The van der Waals surface area contributed by atoms with Gasteiger partial charge >= 0.3 is 6.03 Å². The number of urea groups is 1. The van der Waals surface area contributed by atoms with Gasteiger partial charge in [0, 0.05) is 61.0 Å². The highest BCUT2D eigenvalue weighted by Crippen LogP contribution is 2.27. The number of rotatable bonds is 6. The first-order valence-electron chi connectivity index (χ1n) is 13.0. The minimum atomic E-state index is -0.485. The maximum Gasteiger partial charge on any atom is 0.321 e. The summed E-state index contributed by atoms with van der Waals surface area (Å²) in [6, 6.07) is 11.6. The number of nitrogens with one attached hydrogen (secondary N) is 1. The van der Waals surface area contributed by atoms with Gasteiger partial charge in [0.25, 0.3) is 5.91 Å². The van der Waals surface area contributed by atoms with E-state index in [9.17, 15) is 14.7 Å². The molecule has 0 radical (unpaired) electrons. The van der Waals surface area contributed by atoms with Crippen molar-refractivity contribution in [2.45, 2.75) is 26.0 Å². The first-order chi connectivity index (χ1) is 19.3. The molecule has 1 aromatic carbocycles. The Labute approximate surface area is 234 Å². The summed E-state index contributed by atoms with van der Waals surface area (Å²) in [7, 11) is 3.24. The molecule has 0 bridgehead atoms. The molecule has 1 aliphatic rings. The molecular formula is C30H33N5O5. The fourth-order valence-corrected chi connectivity index (χ4v) is 4.24. The average Bonchev–Trinajstić information content (AvgIpc) is 2.98. The summed E-state index contributed by atoms with van der Waals surface area (Å²) < 4.78 is 11.5. The lowest BCUT2D eigenvalue weighted by Crippen LogP contribution is -2.50. The van der Waals surface area contributed by atoms with Gasteiger partial charge in [-0.05, 0) is 37.3 Å². The normalized spacial score (nSPS) is 17.2. The van der Waals surface area contributed by atoms with E-state index in [0.717, 1.165) is 5.56 Å². The molecule has 0 aliphatic carbocycles. The number of anilines is 1. The van der Waals surface area contributed by atoms with Crippen molar-refractivity contribution in [1.29, 1.82) is 0 Å². The van der Waals surface area contributed by atoms with Crippen molar-refractivity contribution in [3.05, 3.63) is 77.7 Å². The highest BCUT2D eigenvalue weighted by atomic mass is 16.5. The Kier molecular flexibility index (Phi) is 9.19. The maximum absolute atomic E-state index is 13.6. The molecule has 0 saturated heterocycles. The zero-order valence-electron chi connectivity index (χ0n) is 23.0. The number of pyridine rings is 2. The number of carbonyl (C=O) groups is 2. The summed E-state index contributed by atoms with van der Waals surface area (Å²) in [5.74, 6) is 6.36. The molecule has 10 heteroatoms. The number of ether oxygens (including phenoxy) is 2. The summed E-state index contributed by atoms with van der Waals surface area (Å²) >= 11 is 0. The molecular weight excluding hydrogens is 510 g/mol. The lowest BCUT2D eigenvalue weighted by Gasteiger charge is -2.37. The van der Waals surface area contributed by atoms with E-state index >= 15 is 0 Å². The molecule has 2 aromatic heterocycles. The van der Waals surface area contributed by atoms with Crippen molar-refractivity contribution in [2.24, 2.45) is 5.92 Å². The molecule has 0 spiro atoms. The van der Waals surface area contributed by atoms with Crippen LogP contribution in [0.4, 0.5) is 10.5 Å². The number of aromatic nitrogens is 2. The van der Waals surface area contributed by atoms with Gasteiger partial charge in [-0.3, -0.25) is 9.78 Å². The van der Waals surface area contributed by atoms with Crippen LogP contribution in [0.1, 0.15) is 35.3 Å². The quantitative estimate of drug-likeness (QED) is 0.459. The predicted octanol–water partition coefficient (Wildman–Crippen LogP) is 3.27. The lowest BCUT2D eigenvalue weighted by molar-refractivity contribution is 0.0356. The number of benzene rings is 1. The number of hydrogen-bond donors (Lipinski definition) is 2. The van der Waals surface area contributed by atoms with Crippen LogP contribution in [-0.4, -0.2) is 82.8 Å². The highest BCUT2D eigenvalue weighted by Gasteiger charge is 2.34. The minimum absolute atomic E-state index is 0.158. The van der Waals surface area contributed by atoms with E-state index in [0.29, 0.717) is 23.5 Å². The number of fused-ring (bicyclic) bond motifs is 1. The van der Waals surface area contributed by atoms with Crippen molar-refractivity contribution < 1.29 is 24.2 Å². The van der Waals surface area contributed by atoms with E-state index in [1.807, 2.05) is 13.0 Å². The van der Waals surface area contributed by atoms with Gasteiger partial charge in [0.05, 0.1) is 26.3 Å². The average molecular weight is 544 g/mol. The zero-order chi connectivity index (χ0) is 28.6. The van der Waals surface area contributed by atoms with Gasteiger partial charge in [0.2, 0.25) is 5.88 Å². The van der Waals surface area contributed by atoms with Gasteiger partial charge in [-0.15, -0.1) is 0 Å². The standard InChI is InChI=1S/C30H33N5O5/c1-20-17-35(21(2)19-36)29(37)26-13-23(11-10-22-7-6-12-31-15-22)16-32-28(26)40-27(20)18-34(3)30(38)33-24-8-5-9-25(14-24)39-4/h5-9,12-16,20-21,27,36H,17-19H2,1-4H3,(H,33,38)/t20-,21-,27+/m0/s1. The molecule has 1 aliphatic heterocycles. The van der Waals surface area contributed by atoms with Crippen molar-refractivity contribution in [2.75, 3.05) is 39.2 Å². The molecule has 0 fully saturated rings. The molecule has 0 saturated carbocycles. The van der Waals surface area contributed by atoms with Crippen molar-refractivity contribution in [1.82, 2.24) is 19.8 Å². The second-order valence-corrected chi connectivity index (χ2v) is 9.73. The van der Waals surface area contributed by atoms with Crippen LogP contribution in [0.15, 0.2) is 61.1 Å². The molecule has 208 valence electrons. The summed E-state index contributed by atoms with van der Waals surface area (Å²) in [6.07, 6.45) is 4.39. The van der Waals surface area contributed by atoms with Gasteiger partial charge < -0.3 is 29.7 Å². The predicted molar refractivity (Wildman–Crippen MR) is 150 cm³/mol. The molecule has 40 heavy (non-hydrogen) atoms. The van der Waals surface area contributed by atoms with Crippen molar-refractivity contribution in [3.8, 4) is 23.5 Å². The SMILES string of the molecule is COc1cccc(NC(=O)N(C)C[C@H]2Oc3ncc(C#Cc4cccnc4)cc3C(=O)N([C@@H](C)CO)C[C@@H]2C)c1. The second-order valence-electron chi connectivity index (χ2n) is 9.73. The highest BCUT2D eigenvalue weighted by molar-refractivity contribution is 5.97. The molecule has 3 amide bonds. The number of carbonyl (C=O) groups excluding carboxylic acids is 2. The van der Waals surface area contributed by atoms with Crippen LogP contribution in [0.3, 0.4) is 0 Å². The Morgan fingerprint density at radius 2 is 2.05 bits per heavy atom. The minimum Gasteiger partial charge on any atom is -0.497 e. The van der Waals surface area contributed by atoms with Gasteiger partial charge in [0.15, 0.2) is 0 Å². The Hall–Kier alpha value is -4.62. The lowest BCUT2D eigenvalue weighted by atomic mass is 10.00. The number of aliphatic hydroxyl groups is 1. The third kappa shape index (κ3) is 6.87. The summed E-state index contributed by atoms with van der Waals surface area (Å²) in [5, 5.41) is 12.8. The van der Waals surface area contributed by atoms with E-state index in [-0.39, 0.29) is 42.5 Å². The van der Waals surface area contributed by atoms with E-state index < -0.39 is 12.1 Å². The Morgan fingerprint density at radius 3 is 2.77 bits per heavy atom. The first kappa shape index (κ1) is 28.4. The smallest absolute Gasteiger partial charge is 0.321 e. The number of likely N-dealkylation sites (N-methyl/N-ethyl adjacent to an activating group) is 1. The second kappa shape index (κ2) is 13.0.